The fourth-order valence-corrected chi connectivity index (χ4v) is 3.91. The number of para-hydroxylation sites is 1. The topological polar surface area (TPSA) is 15.3 Å². The van der Waals surface area contributed by atoms with Crippen LogP contribution in [0.25, 0.3) is 0 Å². The number of hydrogen-bond donors (Lipinski definition) is 1. The minimum atomic E-state index is 0. The van der Waals surface area contributed by atoms with Crippen LogP contribution >= 0.6 is 28.7 Å². The molecule has 0 amide bonds. The maximum Gasteiger partial charge on any atom is 0.0508 e. The molecule has 0 unspecified atom stereocenters. The van der Waals surface area contributed by atoms with E-state index in [1.807, 2.05) is 11.8 Å². The average molecular weight is 379 g/mol. The average Bonchev–Trinajstić information content (AvgIpc) is 2.52. The summed E-state index contributed by atoms with van der Waals surface area (Å²) in [6.07, 6.45) is 0. The van der Waals surface area contributed by atoms with Gasteiger partial charge in [0.15, 0.2) is 0 Å². The van der Waals surface area contributed by atoms with E-state index in [2.05, 4.69) is 66.5 Å². The SMILES string of the molecule is Br.Cc1cccc(C)c1Sc1ccccc1N1CCNCC1. The van der Waals surface area contributed by atoms with Crippen LogP contribution in [0, 0.1) is 13.8 Å². The Labute approximate surface area is 148 Å². The van der Waals surface area contributed by atoms with E-state index < -0.39 is 0 Å². The summed E-state index contributed by atoms with van der Waals surface area (Å²) in [5.41, 5.74) is 4.08. The van der Waals surface area contributed by atoms with Gasteiger partial charge in [0.1, 0.15) is 0 Å². The molecule has 0 bridgehead atoms. The largest absolute Gasteiger partial charge is 0.368 e. The summed E-state index contributed by atoms with van der Waals surface area (Å²) < 4.78 is 0. The maximum absolute atomic E-state index is 3.42. The second-order valence-corrected chi connectivity index (χ2v) is 6.58. The number of anilines is 1. The predicted octanol–water partition coefficient (Wildman–Crippen LogP) is 4.44. The lowest BCUT2D eigenvalue weighted by Crippen LogP contribution is -2.43. The Kier molecular flexibility index (Phi) is 6.36. The molecule has 0 atom stereocenters. The van der Waals surface area contributed by atoms with Gasteiger partial charge in [-0.2, -0.15) is 0 Å². The van der Waals surface area contributed by atoms with Crippen LogP contribution in [0.3, 0.4) is 0 Å². The number of nitrogens with zero attached hydrogens (tertiary/aromatic N) is 1. The Balaban J connectivity index is 0.00000176. The van der Waals surface area contributed by atoms with Gasteiger partial charge in [-0.05, 0) is 37.1 Å². The molecule has 1 N–H and O–H groups in total. The standard InChI is InChI=1S/C18H22N2S.BrH/c1-14-6-5-7-15(2)18(14)21-17-9-4-3-8-16(17)20-12-10-19-11-13-20;/h3-9,19H,10-13H2,1-2H3;1H. The molecule has 2 nitrogen and oxygen atoms in total. The van der Waals surface area contributed by atoms with E-state index in [1.54, 1.807) is 0 Å². The van der Waals surface area contributed by atoms with Gasteiger partial charge in [0.25, 0.3) is 0 Å². The molecule has 1 aliphatic heterocycles. The van der Waals surface area contributed by atoms with E-state index >= 15 is 0 Å². The molecular formula is C18H23BrN2S. The highest BCUT2D eigenvalue weighted by Crippen LogP contribution is 2.38. The van der Waals surface area contributed by atoms with Crippen LogP contribution in [0.15, 0.2) is 52.3 Å². The van der Waals surface area contributed by atoms with Gasteiger partial charge in [0.05, 0.1) is 5.69 Å². The number of piperazine rings is 1. The van der Waals surface area contributed by atoms with Crippen molar-refractivity contribution in [3.63, 3.8) is 0 Å². The molecular weight excluding hydrogens is 356 g/mol. The summed E-state index contributed by atoms with van der Waals surface area (Å²) in [5, 5.41) is 3.42. The second-order valence-electron chi connectivity index (χ2n) is 5.53. The van der Waals surface area contributed by atoms with Gasteiger partial charge < -0.3 is 10.2 Å². The first kappa shape index (κ1) is 17.4. The van der Waals surface area contributed by atoms with E-state index in [0.717, 1.165) is 26.2 Å². The van der Waals surface area contributed by atoms with E-state index in [4.69, 9.17) is 0 Å². The Morgan fingerprint density at radius 1 is 0.909 bits per heavy atom. The van der Waals surface area contributed by atoms with Crippen molar-refractivity contribution in [2.75, 3.05) is 31.1 Å². The Morgan fingerprint density at radius 3 is 2.23 bits per heavy atom. The summed E-state index contributed by atoms with van der Waals surface area (Å²) in [4.78, 5) is 5.24. The molecule has 1 aliphatic rings. The van der Waals surface area contributed by atoms with E-state index in [0.29, 0.717) is 0 Å². The lowest BCUT2D eigenvalue weighted by molar-refractivity contribution is 0.587. The van der Waals surface area contributed by atoms with Gasteiger partial charge in [0, 0.05) is 36.0 Å². The number of benzene rings is 2. The summed E-state index contributed by atoms with van der Waals surface area (Å²) in [5.74, 6) is 0. The third-order valence-electron chi connectivity index (χ3n) is 3.94. The molecule has 0 aromatic heterocycles. The highest BCUT2D eigenvalue weighted by molar-refractivity contribution is 8.93. The van der Waals surface area contributed by atoms with Crippen LogP contribution in [0.2, 0.25) is 0 Å². The van der Waals surface area contributed by atoms with Crippen LogP contribution in [-0.2, 0) is 0 Å². The molecule has 1 saturated heterocycles. The van der Waals surface area contributed by atoms with E-state index in [9.17, 15) is 0 Å². The zero-order valence-corrected chi connectivity index (χ0v) is 15.7. The monoisotopic (exact) mass is 378 g/mol. The minimum absolute atomic E-state index is 0. The quantitative estimate of drug-likeness (QED) is 0.849. The first-order valence-electron chi connectivity index (χ1n) is 7.54. The van der Waals surface area contributed by atoms with Gasteiger partial charge in [-0.25, -0.2) is 0 Å². The number of rotatable bonds is 3. The van der Waals surface area contributed by atoms with Crippen LogP contribution in [-0.4, -0.2) is 26.2 Å². The summed E-state index contributed by atoms with van der Waals surface area (Å²) in [7, 11) is 0. The number of hydrogen-bond acceptors (Lipinski definition) is 3. The lowest BCUT2D eigenvalue weighted by atomic mass is 10.2. The first-order valence-corrected chi connectivity index (χ1v) is 8.36. The maximum atomic E-state index is 3.42. The minimum Gasteiger partial charge on any atom is -0.368 e. The third-order valence-corrected chi connectivity index (χ3v) is 5.36. The number of halogens is 1. The summed E-state index contributed by atoms with van der Waals surface area (Å²) >= 11 is 1.90. The molecule has 0 spiro atoms. The van der Waals surface area contributed by atoms with Gasteiger partial charge >= 0.3 is 0 Å². The van der Waals surface area contributed by atoms with E-state index in [-0.39, 0.29) is 17.0 Å². The molecule has 0 saturated carbocycles. The molecule has 0 aliphatic carbocycles. The zero-order chi connectivity index (χ0) is 14.7. The molecule has 2 aromatic carbocycles. The normalized spacial score (nSPS) is 14.5. The van der Waals surface area contributed by atoms with Crippen molar-refractivity contribution in [2.45, 2.75) is 23.6 Å². The lowest BCUT2D eigenvalue weighted by Gasteiger charge is -2.31. The van der Waals surface area contributed by atoms with Gasteiger partial charge in [-0.1, -0.05) is 42.1 Å². The molecule has 2 aromatic rings. The van der Waals surface area contributed by atoms with Crippen molar-refractivity contribution in [1.29, 1.82) is 0 Å². The Morgan fingerprint density at radius 2 is 1.55 bits per heavy atom. The molecule has 118 valence electrons. The summed E-state index contributed by atoms with van der Waals surface area (Å²) in [6.45, 7) is 8.71. The van der Waals surface area contributed by atoms with Crippen molar-refractivity contribution >= 4 is 34.4 Å². The van der Waals surface area contributed by atoms with Gasteiger partial charge in [-0.3, -0.25) is 0 Å². The van der Waals surface area contributed by atoms with Crippen molar-refractivity contribution in [2.24, 2.45) is 0 Å². The fraction of sp³-hybridized carbons (Fsp3) is 0.333. The molecule has 22 heavy (non-hydrogen) atoms. The van der Waals surface area contributed by atoms with Crippen molar-refractivity contribution in [3.8, 4) is 0 Å². The van der Waals surface area contributed by atoms with Gasteiger partial charge in [0.2, 0.25) is 0 Å². The Hall–Kier alpha value is -0.970. The third kappa shape index (κ3) is 3.86. The van der Waals surface area contributed by atoms with Crippen LogP contribution in [0.4, 0.5) is 5.69 Å². The molecule has 1 fully saturated rings. The van der Waals surface area contributed by atoms with E-state index in [1.165, 1.54) is 26.6 Å². The highest BCUT2D eigenvalue weighted by atomic mass is 79.9. The second kappa shape index (κ2) is 8.04. The van der Waals surface area contributed by atoms with Crippen molar-refractivity contribution < 1.29 is 0 Å². The van der Waals surface area contributed by atoms with Crippen molar-refractivity contribution in [3.05, 3.63) is 53.6 Å². The molecule has 3 rings (SSSR count). The number of aryl methyl sites for hydroxylation is 2. The fourth-order valence-electron chi connectivity index (χ4n) is 2.78. The number of nitrogens with one attached hydrogen (secondary N) is 1. The van der Waals surface area contributed by atoms with Crippen LogP contribution in [0.1, 0.15) is 11.1 Å². The first-order chi connectivity index (χ1) is 10.3. The van der Waals surface area contributed by atoms with Gasteiger partial charge in [-0.15, -0.1) is 17.0 Å². The zero-order valence-electron chi connectivity index (χ0n) is 13.1. The van der Waals surface area contributed by atoms with Crippen LogP contribution < -0.4 is 10.2 Å². The molecule has 1 heterocycles. The predicted molar refractivity (Wildman–Crippen MR) is 102 cm³/mol. The molecule has 4 heteroatoms. The van der Waals surface area contributed by atoms with Crippen molar-refractivity contribution in [1.82, 2.24) is 5.32 Å². The summed E-state index contributed by atoms with van der Waals surface area (Å²) in [6, 6.07) is 15.3. The molecule has 0 radical (unpaired) electrons. The Bertz CT molecular complexity index is 604. The van der Waals surface area contributed by atoms with Crippen LogP contribution in [0.5, 0.6) is 0 Å². The highest BCUT2D eigenvalue weighted by Gasteiger charge is 2.15. The smallest absolute Gasteiger partial charge is 0.0508 e.